The molecule has 0 aliphatic heterocycles. The van der Waals surface area contributed by atoms with Crippen molar-refractivity contribution >= 4 is 11.6 Å². The Morgan fingerprint density at radius 1 is 1.31 bits per heavy atom. The van der Waals surface area contributed by atoms with Gasteiger partial charge in [0.15, 0.2) is 0 Å². The number of carbonyl (C=O) groups excluding carboxylic acids is 1. The van der Waals surface area contributed by atoms with E-state index in [-0.39, 0.29) is 23.7 Å². The highest BCUT2D eigenvalue weighted by Crippen LogP contribution is 2.25. The Balaban J connectivity index is 1.99. The van der Waals surface area contributed by atoms with Crippen LogP contribution in [0.25, 0.3) is 0 Å². The number of halogens is 1. The van der Waals surface area contributed by atoms with E-state index in [0.717, 1.165) is 19.3 Å². The number of amides is 1. The molecule has 0 spiro atoms. The Labute approximate surface area is 93.8 Å². The summed E-state index contributed by atoms with van der Waals surface area (Å²) >= 11 is 0. The normalized spacial score (nSPS) is 24.4. The number of nitrogens with one attached hydrogen (secondary N) is 1. The quantitative estimate of drug-likeness (QED) is 0.802. The van der Waals surface area contributed by atoms with Gasteiger partial charge >= 0.3 is 0 Å². The maximum atomic E-state index is 12.7. The maximum absolute atomic E-state index is 12.7. The number of hydrogen-bond donors (Lipinski definition) is 2. The Hall–Kier alpha value is -1.42. The van der Waals surface area contributed by atoms with Crippen LogP contribution in [0.3, 0.4) is 0 Å². The van der Waals surface area contributed by atoms with Crippen LogP contribution < -0.4 is 11.1 Å². The van der Waals surface area contributed by atoms with Gasteiger partial charge in [0.1, 0.15) is 5.82 Å². The van der Waals surface area contributed by atoms with Crippen LogP contribution in [0.5, 0.6) is 0 Å². The van der Waals surface area contributed by atoms with Crippen LogP contribution in [0, 0.1) is 11.7 Å². The van der Waals surface area contributed by atoms with Crippen molar-refractivity contribution in [3.05, 3.63) is 30.1 Å². The van der Waals surface area contributed by atoms with Gasteiger partial charge in [-0.15, -0.1) is 0 Å². The number of anilines is 1. The van der Waals surface area contributed by atoms with E-state index in [1.807, 2.05) is 0 Å². The van der Waals surface area contributed by atoms with Gasteiger partial charge in [0, 0.05) is 11.7 Å². The predicted molar refractivity (Wildman–Crippen MR) is 60.3 cm³/mol. The first-order valence-corrected chi connectivity index (χ1v) is 5.49. The van der Waals surface area contributed by atoms with Crippen molar-refractivity contribution in [2.75, 3.05) is 5.32 Å². The highest BCUT2D eigenvalue weighted by atomic mass is 19.1. The minimum absolute atomic E-state index is 0.0413. The molecular weight excluding hydrogens is 207 g/mol. The first-order chi connectivity index (χ1) is 7.66. The summed E-state index contributed by atoms with van der Waals surface area (Å²) < 4.78 is 12.7. The fourth-order valence-corrected chi connectivity index (χ4v) is 2.08. The second-order valence-corrected chi connectivity index (χ2v) is 4.20. The van der Waals surface area contributed by atoms with Gasteiger partial charge in [-0.25, -0.2) is 4.39 Å². The first-order valence-electron chi connectivity index (χ1n) is 5.49. The van der Waals surface area contributed by atoms with Crippen LogP contribution in [0.15, 0.2) is 24.3 Å². The van der Waals surface area contributed by atoms with E-state index in [1.54, 1.807) is 12.1 Å². The van der Waals surface area contributed by atoms with E-state index in [0.29, 0.717) is 5.69 Å². The topological polar surface area (TPSA) is 55.1 Å². The Morgan fingerprint density at radius 3 is 2.56 bits per heavy atom. The summed E-state index contributed by atoms with van der Waals surface area (Å²) in [5.74, 6) is -0.475. The lowest BCUT2D eigenvalue weighted by atomic mass is 10.0. The van der Waals surface area contributed by atoms with Crippen molar-refractivity contribution in [2.24, 2.45) is 11.7 Å². The SMILES string of the molecule is NC1CCCC1C(=O)Nc1ccc(F)cc1. The van der Waals surface area contributed by atoms with E-state index in [9.17, 15) is 9.18 Å². The van der Waals surface area contributed by atoms with Crippen molar-refractivity contribution in [3.63, 3.8) is 0 Å². The molecule has 1 aliphatic rings. The summed E-state index contributed by atoms with van der Waals surface area (Å²) in [6.45, 7) is 0. The fourth-order valence-electron chi connectivity index (χ4n) is 2.08. The molecule has 86 valence electrons. The maximum Gasteiger partial charge on any atom is 0.229 e. The lowest BCUT2D eigenvalue weighted by molar-refractivity contribution is -0.120. The molecule has 1 aromatic carbocycles. The summed E-state index contributed by atoms with van der Waals surface area (Å²) in [6, 6.07) is 5.70. The summed E-state index contributed by atoms with van der Waals surface area (Å²) in [4.78, 5) is 11.8. The third-order valence-corrected chi connectivity index (χ3v) is 3.02. The van der Waals surface area contributed by atoms with Gasteiger partial charge in [0.2, 0.25) is 5.91 Å². The third-order valence-electron chi connectivity index (χ3n) is 3.02. The van der Waals surface area contributed by atoms with Gasteiger partial charge in [-0.3, -0.25) is 4.79 Å². The molecule has 3 nitrogen and oxygen atoms in total. The van der Waals surface area contributed by atoms with Gasteiger partial charge < -0.3 is 11.1 Å². The summed E-state index contributed by atoms with van der Waals surface area (Å²) in [5, 5.41) is 2.76. The van der Waals surface area contributed by atoms with Gasteiger partial charge in [0.25, 0.3) is 0 Å². The molecule has 1 amide bonds. The molecule has 16 heavy (non-hydrogen) atoms. The number of nitrogens with two attached hydrogens (primary N) is 1. The lowest BCUT2D eigenvalue weighted by Gasteiger charge is -2.14. The van der Waals surface area contributed by atoms with Gasteiger partial charge in [-0.2, -0.15) is 0 Å². The smallest absolute Gasteiger partial charge is 0.229 e. The van der Waals surface area contributed by atoms with Crippen LogP contribution in [0.1, 0.15) is 19.3 Å². The zero-order valence-corrected chi connectivity index (χ0v) is 8.95. The third kappa shape index (κ3) is 2.39. The summed E-state index contributed by atoms with van der Waals surface area (Å²) in [5.41, 5.74) is 6.45. The predicted octanol–water partition coefficient (Wildman–Crippen LogP) is 1.89. The molecule has 2 unspecified atom stereocenters. The van der Waals surface area contributed by atoms with Crippen molar-refractivity contribution in [3.8, 4) is 0 Å². The standard InChI is InChI=1S/C12H15FN2O/c13-8-4-6-9(7-5-8)15-12(16)10-2-1-3-11(10)14/h4-7,10-11H,1-3,14H2,(H,15,16). The molecule has 1 aromatic rings. The Bertz CT molecular complexity index is 377. The van der Waals surface area contributed by atoms with Crippen LogP contribution in [0.2, 0.25) is 0 Å². The Kier molecular flexibility index (Phi) is 3.19. The fraction of sp³-hybridized carbons (Fsp3) is 0.417. The molecule has 1 fully saturated rings. The molecule has 0 bridgehead atoms. The Morgan fingerprint density at radius 2 is 2.00 bits per heavy atom. The van der Waals surface area contributed by atoms with E-state index >= 15 is 0 Å². The molecular formula is C12H15FN2O. The zero-order chi connectivity index (χ0) is 11.5. The van der Waals surface area contributed by atoms with E-state index < -0.39 is 0 Å². The van der Waals surface area contributed by atoms with E-state index in [1.165, 1.54) is 12.1 Å². The van der Waals surface area contributed by atoms with Crippen LogP contribution in [-0.4, -0.2) is 11.9 Å². The minimum Gasteiger partial charge on any atom is -0.327 e. The molecule has 0 heterocycles. The molecule has 2 rings (SSSR count). The first kappa shape index (κ1) is 11.1. The number of carbonyl (C=O) groups is 1. The highest BCUT2D eigenvalue weighted by Gasteiger charge is 2.30. The van der Waals surface area contributed by atoms with E-state index in [2.05, 4.69) is 5.32 Å². The molecule has 2 atom stereocenters. The minimum atomic E-state index is -0.310. The number of rotatable bonds is 2. The summed E-state index contributed by atoms with van der Waals surface area (Å²) in [6.07, 6.45) is 2.75. The largest absolute Gasteiger partial charge is 0.327 e. The van der Waals surface area contributed by atoms with Crippen molar-refractivity contribution < 1.29 is 9.18 Å². The second-order valence-electron chi connectivity index (χ2n) is 4.20. The molecule has 4 heteroatoms. The second kappa shape index (κ2) is 4.61. The molecule has 0 saturated heterocycles. The lowest BCUT2D eigenvalue weighted by Crippen LogP contribution is -2.34. The van der Waals surface area contributed by atoms with Gasteiger partial charge in [0.05, 0.1) is 5.92 Å². The van der Waals surface area contributed by atoms with Crippen molar-refractivity contribution in [1.82, 2.24) is 0 Å². The van der Waals surface area contributed by atoms with Gasteiger partial charge in [-0.1, -0.05) is 6.42 Å². The molecule has 3 N–H and O–H groups in total. The van der Waals surface area contributed by atoms with Crippen LogP contribution in [0.4, 0.5) is 10.1 Å². The monoisotopic (exact) mass is 222 g/mol. The molecule has 1 saturated carbocycles. The van der Waals surface area contributed by atoms with Crippen LogP contribution >= 0.6 is 0 Å². The van der Waals surface area contributed by atoms with Gasteiger partial charge in [-0.05, 0) is 37.1 Å². The van der Waals surface area contributed by atoms with E-state index in [4.69, 9.17) is 5.73 Å². The van der Waals surface area contributed by atoms with Crippen LogP contribution in [-0.2, 0) is 4.79 Å². The molecule has 1 aliphatic carbocycles. The average Bonchev–Trinajstić information content (AvgIpc) is 2.68. The zero-order valence-electron chi connectivity index (χ0n) is 8.95. The average molecular weight is 222 g/mol. The summed E-state index contributed by atoms with van der Waals surface area (Å²) in [7, 11) is 0. The van der Waals surface area contributed by atoms with Crippen molar-refractivity contribution in [1.29, 1.82) is 0 Å². The highest BCUT2D eigenvalue weighted by molar-refractivity contribution is 5.93. The van der Waals surface area contributed by atoms with Crippen molar-refractivity contribution in [2.45, 2.75) is 25.3 Å². The number of hydrogen-bond acceptors (Lipinski definition) is 2. The number of benzene rings is 1. The molecule has 0 aromatic heterocycles. The molecule has 0 radical (unpaired) electrons.